The molecule has 1 fully saturated rings. The minimum Gasteiger partial charge on any atom is -0.380 e. The topological polar surface area (TPSA) is 39.5 Å². The van der Waals surface area contributed by atoms with Gasteiger partial charge in [-0.2, -0.15) is 0 Å². The minimum atomic E-state index is 0.716. The van der Waals surface area contributed by atoms with Gasteiger partial charge in [0.15, 0.2) is 0 Å². The summed E-state index contributed by atoms with van der Waals surface area (Å²) in [5, 5.41) is 0. The van der Waals surface area contributed by atoms with E-state index in [1.807, 2.05) is 13.0 Å². The number of fused-ring (bicyclic) bond motifs is 1. The second kappa shape index (κ2) is 6.24. The fraction of sp³-hybridized carbons (Fsp3) is 0.533. The van der Waals surface area contributed by atoms with Crippen molar-refractivity contribution < 1.29 is 9.47 Å². The zero-order chi connectivity index (χ0) is 13.8. The Kier molecular flexibility index (Phi) is 4.18. The SMILES string of the molecule is CCOCCn1c(N2CCOCC2)nc2ccccc21. The lowest BCUT2D eigenvalue weighted by atomic mass is 10.3. The van der Waals surface area contributed by atoms with Crippen LogP contribution in [0.25, 0.3) is 11.0 Å². The Morgan fingerprint density at radius 3 is 2.85 bits per heavy atom. The summed E-state index contributed by atoms with van der Waals surface area (Å²) in [7, 11) is 0. The summed E-state index contributed by atoms with van der Waals surface area (Å²) in [6.45, 7) is 7.67. The second-order valence-corrected chi connectivity index (χ2v) is 4.85. The Morgan fingerprint density at radius 2 is 2.05 bits per heavy atom. The Hall–Kier alpha value is -1.59. The zero-order valence-electron chi connectivity index (χ0n) is 11.9. The van der Waals surface area contributed by atoms with Crippen LogP contribution in [0.3, 0.4) is 0 Å². The van der Waals surface area contributed by atoms with E-state index >= 15 is 0 Å². The quantitative estimate of drug-likeness (QED) is 0.781. The van der Waals surface area contributed by atoms with Crippen molar-refractivity contribution in [3.05, 3.63) is 24.3 Å². The van der Waals surface area contributed by atoms with Crippen LogP contribution in [-0.2, 0) is 16.0 Å². The first-order valence-corrected chi connectivity index (χ1v) is 7.26. The summed E-state index contributed by atoms with van der Waals surface area (Å²) in [5.74, 6) is 1.04. The van der Waals surface area contributed by atoms with Crippen LogP contribution in [-0.4, -0.2) is 49.1 Å². The van der Waals surface area contributed by atoms with Gasteiger partial charge in [0.05, 0.1) is 30.9 Å². The number of morpholine rings is 1. The molecular formula is C15H21N3O2. The van der Waals surface area contributed by atoms with E-state index in [1.54, 1.807) is 0 Å². The smallest absolute Gasteiger partial charge is 0.206 e. The van der Waals surface area contributed by atoms with Crippen molar-refractivity contribution in [1.82, 2.24) is 9.55 Å². The van der Waals surface area contributed by atoms with E-state index in [0.717, 1.165) is 50.9 Å². The molecule has 108 valence electrons. The van der Waals surface area contributed by atoms with Crippen LogP contribution in [0.4, 0.5) is 5.95 Å². The standard InChI is InChI=1S/C15H21N3O2/c1-2-19-12-9-18-14-6-4-3-5-13(14)16-15(18)17-7-10-20-11-8-17/h3-6H,2,7-12H2,1H3. The first-order valence-electron chi connectivity index (χ1n) is 7.26. The molecule has 3 rings (SSSR count). The van der Waals surface area contributed by atoms with E-state index in [1.165, 1.54) is 5.52 Å². The molecule has 2 aromatic rings. The molecule has 0 radical (unpaired) electrons. The summed E-state index contributed by atoms with van der Waals surface area (Å²) >= 11 is 0. The first-order chi connectivity index (χ1) is 9.90. The molecule has 5 nitrogen and oxygen atoms in total. The van der Waals surface area contributed by atoms with Crippen molar-refractivity contribution in [1.29, 1.82) is 0 Å². The highest BCUT2D eigenvalue weighted by Crippen LogP contribution is 2.23. The van der Waals surface area contributed by atoms with E-state index < -0.39 is 0 Å². The number of imidazole rings is 1. The number of hydrogen-bond acceptors (Lipinski definition) is 4. The largest absolute Gasteiger partial charge is 0.380 e. The molecule has 20 heavy (non-hydrogen) atoms. The summed E-state index contributed by atoms with van der Waals surface area (Å²) < 4.78 is 13.2. The molecule has 2 heterocycles. The van der Waals surface area contributed by atoms with E-state index in [9.17, 15) is 0 Å². The molecule has 5 heteroatoms. The predicted octanol–water partition coefficient (Wildman–Crippen LogP) is 1.91. The van der Waals surface area contributed by atoms with Gasteiger partial charge in [-0.25, -0.2) is 4.98 Å². The van der Waals surface area contributed by atoms with Crippen LogP contribution in [0.5, 0.6) is 0 Å². The Bertz CT molecular complexity index is 561. The minimum absolute atomic E-state index is 0.716. The molecule has 1 aliphatic rings. The van der Waals surface area contributed by atoms with E-state index in [2.05, 4.69) is 27.7 Å². The van der Waals surface area contributed by atoms with Crippen LogP contribution in [0.1, 0.15) is 6.92 Å². The number of hydrogen-bond donors (Lipinski definition) is 0. The van der Waals surface area contributed by atoms with Gasteiger partial charge in [-0.05, 0) is 19.1 Å². The van der Waals surface area contributed by atoms with Gasteiger partial charge in [-0.3, -0.25) is 0 Å². The molecule has 0 unspecified atom stereocenters. The first kappa shape index (κ1) is 13.4. The molecule has 0 amide bonds. The van der Waals surface area contributed by atoms with Gasteiger partial charge in [-0.1, -0.05) is 12.1 Å². The van der Waals surface area contributed by atoms with Gasteiger partial charge in [0.1, 0.15) is 0 Å². The molecule has 0 bridgehead atoms. The monoisotopic (exact) mass is 275 g/mol. The number of rotatable bonds is 5. The summed E-state index contributed by atoms with van der Waals surface area (Å²) in [6, 6.07) is 8.28. The Balaban J connectivity index is 1.93. The molecule has 1 aliphatic heterocycles. The number of para-hydroxylation sites is 2. The Labute approximate surface area is 119 Å². The van der Waals surface area contributed by atoms with Crippen molar-refractivity contribution >= 4 is 17.0 Å². The van der Waals surface area contributed by atoms with Gasteiger partial charge in [0.2, 0.25) is 5.95 Å². The van der Waals surface area contributed by atoms with Crippen LogP contribution >= 0.6 is 0 Å². The average molecular weight is 275 g/mol. The van der Waals surface area contributed by atoms with Crippen LogP contribution in [0.15, 0.2) is 24.3 Å². The highest BCUT2D eigenvalue weighted by atomic mass is 16.5. The molecule has 0 saturated carbocycles. The molecule has 1 saturated heterocycles. The number of nitrogens with zero attached hydrogens (tertiary/aromatic N) is 3. The third kappa shape index (κ3) is 2.64. The average Bonchev–Trinajstić information content (AvgIpc) is 2.87. The lowest BCUT2D eigenvalue weighted by molar-refractivity contribution is 0.120. The number of anilines is 1. The lowest BCUT2D eigenvalue weighted by Gasteiger charge is -2.28. The fourth-order valence-electron chi connectivity index (χ4n) is 2.59. The van der Waals surface area contributed by atoms with Crippen LogP contribution < -0.4 is 4.90 Å². The fourth-order valence-corrected chi connectivity index (χ4v) is 2.59. The van der Waals surface area contributed by atoms with Gasteiger partial charge < -0.3 is 18.9 Å². The molecule has 0 aliphatic carbocycles. The maximum atomic E-state index is 5.51. The normalized spacial score (nSPS) is 15.9. The molecule has 0 spiro atoms. The molecular weight excluding hydrogens is 254 g/mol. The summed E-state index contributed by atoms with van der Waals surface area (Å²) in [4.78, 5) is 7.09. The number of aromatic nitrogens is 2. The van der Waals surface area contributed by atoms with Crippen molar-refractivity contribution in [2.45, 2.75) is 13.5 Å². The number of benzene rings is 1. The summed E-state index contributed by atoms with van der Waals surface area (Å²) in [5.41, 5.74) is 2.22. The third-order valence-corrected chi connectivity index (χ3v) is 3.59. The number of ether oxygens (including phenoxy) is 2. The molecule has 0 atom stereocenters. The summed E-state index contributed by atoms with van der Waals surface area (Å²) in [6.07, 6.45) is 0. The maximum Gasteiger partial charge on any atom is 0.206 e. The zero-order valence-corrected chi connectivity index (χ0v) is 11.9. The third-order valence-electron chi connectivity index (χ3n) is 3.59. The van der Waals surface area contributed by atoms with E-state index in [-0.39, 0.29) is 0 Å². The second-order valence-electron chi connectivity index (χ2n) is 4.85. The highest BCUT2D eigenvalue weighted by molar-refractivity contribution is 5.78. The van der Waals surface area contributed by atoms with Crippen molar-refractivity contribution in [3.63, 3.8) is 0 Å². The van der Waals surface area contributed by atoms with Crippen molar-refractivity contribution in [2.75, 3.05) is 44.4 Å². The van der Waals surface area contributed by atoms with E-state index in [0.29, 0.717) is 6.61 Å². The molecule has 1 aromatic heterocycles. The van der Waals surface area contributed by atoms with Crippen LogP contribution in [0, 0.1) is 0 Å². The maximum absolute atomic E-state index is 5.51. The Morgan fingerprint density at radius 1 is 1.25 bits per heavy atom. The van der Waals surface area contributed by atoms with Crippen LogP contribution in [0.2, 0.25) is 0 Å². The van der Waals surface area contributed by atoms with E-state index in [4.69, 9.17) is 14.5 Å². The molecule has 1 aromatic carbocycles. The van der Waals surface area contributed by atoms with Gasteiger partial charge in [0.25, 0.3) is 0 Å². The van der Waals surface area contributed by atoms with Crippen molar-refractivity contribution in [2.24, 2.45) is 0 Å². The highest BCUT2D eigenvalue weighted by Gasteiger charge is 2.18. The lowest BCUT2D eigenvalue weighted by Crippen LogP contribution is -2.38. The van der Waals surface area contributed by atoms with Gasteiger partial charge >= 0.3 is 0 Å². The van der Waals surface area contributed by atoms with Crippen molar-refractivity contribution in [3.8, 4) is 0 Å². The molecule has 0 N–H and O–H groups in total. The van der Waals surface area contributed by atoms with Gasteiger partial charge in [0, 0.05) is 26.2 Å². The predicted molar refractivity (Wildman–Crippen MR) is 79.3 cm³/mol. The van der Waals surface area contributed by atoms with Gasteiger partial charge in [-0.15, -0.1) is 0 Å².